The van der Waals surface area contributed by atoms with E-state index < -0.39 is 12.1 Å². The van der Waals surface area contributed by atoms with Crippen molar-refractivity contribution in [2.75, 3.05) is 5.73 Å². The smallest absolute Gasteiger partial charge is 0.404 e. The molecule has 0 saturated carbocycles. The minimum atomic E-state index is -4.75. The Kier molecular flexibility index (Phi) is 3.36. The lowest BCUT2D eigenvalue weighted by atomic mass is 10.3. The van der Waals surface area contributed by atoms with Gasteiger partial charge in [0.05, 0.1) is 14.3 Å². The number of nitrogen functional groups attached to an aromatic ring is 1. The molecule has 2 nitrogen and oxygen atoms in total. The van der Waals surface area contributed by atoms with Crippen molar-refractivity contribution in [3.8, 4) is 5.75 Å². The molecule has 0 saturated heterocycles. The maximum Gasteiger partial charge on any atom is 0.573 e. The second-order valence-electron chi connectivity index (χ2n) is 2.32. The predicted molar refractivity (Wildman–Crippen MR) is 55.3 cm³/mol. The number of hydrogen-bond acceptors (Lipinski definition) is 2. The zero-order valence-electron chi connectivity index (χ0n) is 6.53. The summed E-state index contributed by atoms with van der Waals surface area (Å²) in [6.45, 7) is 0. The summed E-state index contributed by atoms with van der Waals surface area (Å²) in [7, 11) is 0. The summed E-state index contributed by atoms with van der Waals surface area (Å²) < 4.78 is 39.5. The van der Waals surface area contributed by atoms with Crippen molar-refractivity contribution in [2.24, 2.45) is 0 Å². The summed E-state index contributed by atoms with van der Waals surface area (Å²) in [5.41, 5.74) is 5.26. The SMILES string of the molecule is Nc1c(OC(F)(F)F)ccc(Cl)c1I. The maximum absolute atomic E-state index is 11.8. The van der Waals surface area contributed by atoms with Crippen LogP contribution in [0.4, 0.5) is 18.9 Å². The highest BCUT2D eigenvalue weighted by Crippen LogP contribution is 2.35. The van der Waals surface area contributed by atoms with Crippen LogP contribution in [-0.4, -0.2) is 6.36 Å². The first-order valence-electron chi connectivity index (χ1n) is 3.30. The first-order chi connectivity index (χ1) is 6.31. The average molecular weight is 337 g/mol. The maximum atomic E-state index is 11.8. The monoisotopic (exact) mass is 337 g/mol. The Morgan fingerprint density at radius 1 is 1.36 bits per heavy atom. The van der Waals surface area contributed by atoms with E-state index in [0.717, 1.165) is 6.07 Å². The Morgan fingerprint density at radius 3 is 2.43 bits per heavy atom. The molecule has 0 unspecified atom stereocenters. The van der Waals surface area contributed by atoms with Crippen LogP contribution in [0.25, 0.3) is 0 Å². The molecule has 7 heteroatoms. The van der Waals surface area contributed by atoms with Gasteiger partial charge in [-0.05, 0) is 34.7 Å². The quantitative estimate of drug-likeness (QED) is 0.629. The third-order valence-corrected chi connectivity index (χ3v) is 3.11. The van der Waals surface area contributed by atoms with Gasteiger partial charge in [-0.3, -0.25) is 0 Å². The van der Waals surface area contributed by atoms with Crippen molar-refractivity contribution in [3.63, 3.8) is 0 Å². The van der Waals surface area contributed by atoms with Crippen LogP contribution in [0.2, 0.25) is 5.02 Å². The number of halogens is 5. The first-order valence-corrected chi connectivity index (χ1v) is 4.76. The lowest BCUT2D eigenvalue weighted by Crippen LogP contribution is -2.18. The van der Waals surface area contributed by atoms with E-state index in [2.05, 4.69) is 4.74 Å². The van der Waals surface area contributed by atoms with Gasteiger partial charge in [-0.15, -0.1) is 13.2 Å². The molecule has 0 bridgehead atoms. The number of nitrogens with two attached hydrogens (primary N) is 1. The number of alkyl halides is 3. The van der Waals surface area contributed by atoms with Gasteiger partial charge < -0.3 is 10.5 Å². The molecule has 0 aliphatic carbocycles. The van der Waals surface area contributed by atoms with Crippen molar-refractivity contribution < 1.29 is 17.9 Å². The lowest BCUT2D eigenvalue weighted by molar-refractivity contribution is -0.274. The Bertz CT molecular complexity index is 356. The van der Waals surface area contributed by atoms with E-state index in [4.69, 9.17) is 17.3 Å². The van der Waals surface area contributed by atoms with Crippen LogP contribution in [-0.2, 0) is 0 Å². The molecule has 1 aromatic rings. The van der Waals surface area contributed by atoms with Gasteiger partial charge in [-0.2, -0.15) is 0 Å². The molecule has 78 valence electrons. The molecule has 0 aliphatic heterocycles. The van der Waals surface area contributed by atoms with Crippen LogP contribution in [0.5, 0.6) is 5.75 Å². The molecule has 1 aromatic carbocycles. The van der Waals surface area contributed by atoms with Crippen LogP contribution >= 0.6 is 34.2 Å². The molecule has 2 N–H and O–H groups in total. The van der Waals surface area contributed by atoms with Crippen LogP contribution < -0.4 is 10.5 Å². The largest absolute Gasteiger partial charge is 0.573 e. The predicted octanol–water partition coefficient (Wildman–Crippen LogP) is 3.43. The zero-order chi connectivity index (χ0) is 10.9. The van der Waals surface area contributed by atoms with Gasteiger partial charge in [0.1, 0.15) is 0 Å². The zero-order valence-corrected chi connectivity index (χ0v) is 9.44. The Labute approximate surface area is 96.3 Å². The fourth-order valence-electron chi connectivity index (χ4n) is 0.762. The highest BCUT2D eigenvalue weighted by atomic mass is 127. The van der Waals surface area contributed by atoms with Crippen LogP contribution in [0.1, 0.15) is 0 Å². The van der Waals surface area contributed by atoms with Crippen molar-refractivity contribution in [3.05, 3.63) is 20.7 Å². The van der Waals surface area contributed by atoms with E-state index in [1.165, 1.54) is 6.07 Å². The molecular formula is C7H4ClF3INO. The van der Waals surface area contributed by atoms with Crippen LogP contribution in [0, 0.1) is 3.57 Å². The molecule has 0 heterocycles. The molecular weight excluding hydrogens is 333 g/mol. The van der Waals surface area contributed by atoms with E-state index in [9.17, 15) is 13.2 Å². The Morgan fingerprint density at radius 2 is 1.93 bits per heavy atom. The summed E-state index contributed by atoms with van der Waals surface area (Å²) in [5, 5.41) is 0.289. The van der Waals surface area contributed by atoms with Gasteiger partial charge in [0, 0.05) is 0 Å². The Balaban J connectivity index is 3.06. The minimum Gasteiger partial charge on any atom is -0.404 e. The third kappa shape index (κ3) is 2.81. The van der Waals surface area contributed by atoms with Gasteiger partial charge in [-0.25, -0.2) is 0 Å². The first kappa shape index (κ1) is 11.7. The van der Waals surface area contributed by atoms with E-state index in [0.29, 0.717) is 3.57 Å². The van der Waals surface area contributed by atoms with E-state index >= 15 is 0 Å². The fraction of sp³-hybridized carbons (Fsp3) is 0.143. The molecule has 0 radical (unpaired) electrons. The molecule has 14 heavy (non-hydrogen) atoms. The van der Waals surface area contributed by atoms with Crippen molar-refractivity contribution in [2.45, 2.75) is 6.36 Å². The molecule has 0 atom stereocenters. The van der Waals surface area contributed by atoms with E-state index in [-0.39, 0.29) is 10.7 Å². The normalized spacial score (nSPS) is 11.5. The summed E-state index contributed by atoms with van der Waals surface area (Å²) in [5.74, 6) is -0.439. The number of ether oxygens (including phenoxy) is 1. The summed E-state index contributed by atoms with van der Waals surface area (Å²) in [6, 6.07) is 2.37. The molecule has 1 rings (SSSR count). The number of hydrogen-bond donors (Lipinski definition) is 1. The standard InChI is InChI=1S/C7H4ClF3INO/c8-3-1-2-4(6(13)5(3)12)14-7(9,10)11/h1-2H,13H2. The second kappa shape index (κ2) is 4.01. The molecule has 0 aromatic heterocycles. The van der Waals surface area contributed by atoms with Crippen molar-refractivity contribution in [1.82, 2.24) is 0 Å². The summed E-state index contributed by atoms with van der Waals surface area (Å²) in [6.07, 6.45) is -4.75. The highest BCUT2D eigenvalue weighted by Gasteiger charge is 2.32. The topological polar surface area (TPSA) is 35.2 Å². The molecule has 0 spiro atoms. The Hall–Kier alpha value is -0.370. The minimum absolute atomic E-state index is 0.115. The van der Waals surface area contributed by atoms with Gasteiger partial charge in [-0.1, -0.05) is 11.6 Å². The van der Waals surface area contributed by atoms with E-state index in [1.54, 1.807) is 22.6 Å². The van der Waals surface area contributed by atoms with Gasteiger partial charge >= 0.3 is 6.36 Å². The highest BCUT2D eigenvalue weighted by molar-refractivity contribution is 14.1. The van der Waals surface area contributed by atoms with Gasteiger partial charge in [0.2, 0.25) is 0 Å². The van der Waals surface area contributed by atoms with Crippen LogP contribution in [0.3, 0.4) is 0 Å². The van der Waals surface area contributed by atoms with Crippen molar-refractivity contribution in [1.29, 1.82) is 0 Å². The number of anilines is 1. The molecule has 0 aliphatic rings. The average Bonchev–Trinajstić information content (AvgIpc) is 2.04. The lowest BCUT2D eigenvalue weighted by Gasteiger charge is -2.12. The number of benzene rings is 1. The molecule has 0 amide bonds. The number of rotatable bonds is 1. The van der Waals surface area contributed by atoms with Crippen molar-refractivity contribution >= 4 is 39.9 Å². The molecule has 0 fully saturated rings. The fourth-order valence-corrected chi connectivity index (χ4v) is 1.37. The van der Waals surface area contributed by atoms with E-state index in [1.807, 2.05) is 0 Å². The van der Waals surface area contributed by atoms with Gasteiger partial charge in [0.25, 0.3) is 0 Å². The second-order valence-corrected chi connectivity index (χ2v) is 3.81. The third-order valence-electron chi connectivity index (χ3n) is 1.32. The summed E-state index contributed by atoms with van der Waals surface area (Å²) >= 11 is 7.37. The van der Waals surface area contributed by atoms with Gasteiger partial charge in [0.15, 0.2) is 5.75 Å². The van der Waals surface area contributed by atoms with Crippen LogP contribution in [0.15, 0.2) is 12.1 Å². The summed E-state index contributed by atoms with van der Waals surface area (Å²) in [4.78, 5) is 0.